The predicted molar refractivity (Wildman–Crippen MR) is 94.2 cm³/mol. The van der Waals surface area contributed by atoms with Gasteiger partial charge in [-0.25, -0.2) is 0 Å². The third-order valence-electron chi connectivity index (χ3n) is 3.21. The fourth-order valence-corrected chi connectivity index (χ4v) is 2.37. The molecule has 2 aromatic carbocycles. The lowest BCUT2D eigenvalue weighted by Gasteiger charge is -2.21. The minimum atomic E-state index is -0.170. The molecule has 0 atom stereocenters. The van der Waals surface area contributed by atoms with E-state index in [0.717, 1.165) is 5.69 Å². The first-order valence-electron chi connectivity index (χ1n) is 7.05. The number of hydrogen-bond donors (Lipinski definition) is 1. The SMILES string of the molecule is CC(=O)N(CCC(=O)Nc1ccccc1)c1ccc(Cl)c(Cl)c1. The summed E-state index contributed by atoms with van der Waals surface area (Å²) in [7, 11) is 0. The molecule has 0 aliphatic carbocycles. The van der Waals surface area contributed by atoms with Gasteiger partial charge in [-0.2, -0.15) is 0 Å². The van der Waals surface area contributed by atoms with Crippen molar-refractivity contribution in [2.24, 2.45) is 0 Å². The third kappa shape index (κ3) is 4.98. The Morgan fingerprint density at radius 2 is 1.74 bits per heavy atom. The zero-order valence-corrected chi connectivity index (χ0v) is 14.1. The molecule has 0 spiro atoms. The van der Waals surface area contributed by atoms with Gasteiger partial charge in [-0.05, 0) is 30.3 Å². The molecule has 4 nitrogen and oxygen atoms in total. The number of carbonyl (C=O) groups excluding carboxylic acids is 2. The molecule has 2 amide bonds. The molecule has 2 rings (SSSR count). The number of carbonyl (C=O) groups is 2. The van der Waals surface area contributed by atoms with Crippen molar-refractivity contribution in [3.05, 3.63) is 58.6 Å². The lowest BCUT2D eigenvalue weighted by Crippen LogP contribution is -2.31. The number of para-hydroxylation sites is 1. The lowest BCUT2D eigenvalue weighted by atomic mass is 10.2. The van der Waals surface area contributed by atoms with Gasteiger partial charge in [0.25, 0.3) is 0 Å². The van der Waals surface area contributed by atoms with E-state index in [2.05, 4.69) is 5.32 Å². The zero-order chi connectivity index (χ0) is 16.8. The standard InChI is InChI=1S/C17H16Cl2N2O2/c1-12(22)21(14-7-8-15(18)16(19)11-14)10-9-17(23)20-13-5-3-2-4-6-13/h2-8,11H,9-10H2,1H3,(H,20,23). The maximum Gasteiger partial charge on any atom is 0.226 e. The maximum atomic E-state index is 12.0. The monoisotopic (exact) mass is 350 g/mol. The summed E-state index contributed by atoms with van der Waals surface area (Å²) in [4.78, 5) is 25.3. The number of benzene rings is 2. The second kappa shape index (κ2) is 7.99. The van der Waals surface area contributed by atoms with Crippen molar-refractivity contribution in [2.75, 3.05) is 16.8 Å². The summed E-state index contributed by atoms with van der Waals surface area (Å²) in [6.45, 7) is 1.70. The van der Waals surface area contributed by atoms with E-state index in [0.29, 0.717) is 15.7 Å². The van der Waals surface area contributed by atoms with E-state index in [4.69, 9.17) is 23.2 Å². The van der Waals surface area contributed by atoms with Crippen LogP contribution in [0.25, 0.3) is 0 Å². The first-order valence-corrected chi connectivity index (χ1v) is 7.81. The second-order valence-corrected chi connectivity index (χ2v) is 5.75. The highest BCUT2D eigenvalue weighted by Gasteiger charge is 2.14. The number of amides is 2. The van der Waals surface area contributed by atoms with Crippen LogP contribution in [0.4, 0.5) is 11.4 Å². The van der Waals surface area contributed by atoms with Gasteiger partial charge >= 0.3 is 0 Å². The number of nitrogens with zero attached hydrogens (tertiary/aromatic N) is 1. The van der Waals surface area contributed by atoms with Crippen molar-refractivity contribution in [1.82, 2.24) is 0 Å². The molecule has 6 heteroatoms. The molecule has 0 radical (unpaired) electrons. The van der Waals surface area contributed by atoms with E-state index < -0.39 is 0 Å². The first-order chi connectivity index (χ1) is 11.0. The predicted octanol–water partition coefficient (Wildman–Crippen LogP) is 4.38. The number of hydrogen-bond acceptors (Lipinski definition) is 2. The number of nitrogens with one attached hydrogen (secondary N) is 1. The quantitative estimate of drug-likeness (QED) is 0.869. The molecule has 120 valence electrons. The summed E-state index contributed by atoms with van der Waals surface area (Å²) in [5.41, 5.74) is 1.33. The Morgan fingerprint density at radius 3 is 2.35 bits per heavy atom. The molecule has 0 saturated heterocycles. The molecule has 0 aromatic heterocycles. The van der Waals surface area contributed by atoms with Gasteiger partial charge in [-0.3, -0.25) is 9.59 Å². The van der Waals surface area contributed by atoms with E-state index >= 15 is 0 Å². The number of halogens is 2. The molecule has 0 fully saturated rings. The van der Waals surface area contributed by atoms with Crippen molar-refractivity contribution >= 4 is 46.4 Å². The lowest BCUT2D eigenvalue weighted by molar-refractivity contribution is -0.117. The molecule has 2 aromatic rings. The van der Waals surface area contributed by atoms with Gasteiger partial charge in [0.2, 0.25) is 11.8 Å². The highest BCUT2D eigenvalue weighted by atomic mass is 35.5. The summed E-state index contributed by atoms with van der Waals surface area (Å²) in [5, 5.41) is 3.57. The fourth-order valence-electron chi connectivity index (χ4n) is 2.08. The van der Waals surface area contributed by atoms with Crippen molar-refractivity contribution < 1.29 is 9.59 Å². The van der Waals surface area contributed by atoms with Crippen molar-refractivity contribution in [2.45, 2.75) is 13.3 Å². The van der Waals surface area contributed by atoms with Crippen LogP contribution in [0.15, 0.2) is 48.5 Å². The molecule has 0 heterocycles. The summed E-state index contributed by atoms with van der Waals surface area (Å²) >= 11 is 11.9. The molecule has 0 saturated carbocycles. The van der Waals surface area contributed by atoms with Crippen LogP contribution in [0.1, 0.15) is 13.3 Å². The van der Waals surface area contributed by atoms with Crippen molar-refractivity contribution in [3.63, 3.8) is 0 Å². The van der Waals surface area contributed by atoms with E-state index in [9.17, 15) is 9.59 Å². The molecule has 0 aliphatic heterocycles. The molecule has 0 unspecified atom stereocenters. The Balaban J connectivity index is 2.01. The van der Waals surface area contributed by atoms with Gasteiger partial charge in [-0.15, -0.1) is 0 Å². The normalized spacial score (nSPS) is 10.2. The average molecular weight is 351 g/mol. The van der Waals surface area contributed by atoms with Crippen LogP contribution in [-0.2, 0) is 9.59 Å². The van der Waals surface area contributed by atoms with Crippen LogP contribution in [0.2, 0.25) is 10.0 Å². The Kier molecular flexibility index (Phi) is 6.02. The van der Waals surface area contributed by atoms with Crippen LogP contribution in [0.3, 0.4) is 0 Å². The Morgan fingerprint density at radius 1 is 1.04 bits per heavy atom. The van der Waals surface area contributed by atoms with Gasteiger partial charge in [0.1, 0.15) is 0 Å². The molecule has 23 heavy (non-hydrogen) atoms. The maximum absolute atomic E-state index is 12.0. The number of rotatable bonds is 5. The van der Waals surface area contributed by atoms with Crippen LogP contribution < -0.4 is 10.2 Å². The van der Waals surface area contributed by atoms with Crippen LogP contribution in [0.5, 0.6) is 0 Å². The molecule has 0 bridgehead atoms. The number of anilines is 2. The summed E-state index contributed by atoms with van der Waals surface area (Å²) in [5.74, 6) is -0.335. The van der Waals surface area contributed by atoms with E-state index in [1.165, 1.54) is 11.8 Å². The third-order valence-corrected chi connectivity index (χ3v) is 3.95. The smallest absolute Gasteiger partial charge is 0.226 e. The molecular weight excluding hydrogens is 335 g/mol. The van der Waals surface area contributed by atoms with E-state index in [1.54, 1.807) is 30.3 Å². The van der Waals surface area contributed by atoms with Gasteiger partial charge in [0.05, 0.1) is 10.0 Å². The van der Waals surface area contributed by atoms with Crippen LogP contribution >= 0.6 is 23.2 Å². The van der Waals surface area contributed by atoms with Gasteiger partial charge in [-0.1, -0.05) is 41.4 Å². The highest BCUT2D eigenvalue weighted by Crippen LogP contribution is 2.27. The topological polar surface area (TPSA) is 49.4 Å². The van der Waals surface area contributed by atoms with E-state index in [-0.39, 0.29) is 24.8 Å². The van der Waals surface area contributed by atoms with Gasteiger partial charge in [0, 0.05) is 31.3 Å². The Hall–Kier alpha value is -2.04. The summed E-state index contributed by atoms with van der Waals surface area (Å²) in [6.07, 6.45) is 0.175. The molecule has 1 N–H and O–H groups in total. The van der Waals surface area contributed by atoms with Crippen molar-refractivity contribution in [3.8, 4) is 0 Å². The van der Waals surface area contributed by atoms with Crippen LogP contribution in [-0.4, -0.2) is 18.4 Å². The summed E-state index contributed by atoms with van der Waals surface area (Å²) in [6, 6.07) is 14.1. The van der Waals surface area contributed by atoms with Gasteiger partial charge < -0.3 is 10.2 Å². The van der Waals surface area contributed by atoms with Crippen LogP contribution in [0, 0.1) is 0 Å². The Labute approximate surface area is 145 Å². The minimum absolute atomic E-state index is 0.164. The Bertz CT molecular complexity index is 705. The minimum Gasteiger partial charge on any atom is -0.326 e. The van der Waals surface area contributed by atoms with Crippen molar-refractivity contribution in [1.29, 1.82) is 0 Å². The highest BCUT2D eigenvalue weighted by molar-refractivity contribution is 6.42. The second-order valence-electron chi connectivity index (χ2n) is 4.93. The fraction of sp³-hybridized carbons (Fsp3) is 0.176. The molecular formula is C17H16Cl2N2O2. The van der Waals surface area contributed by atoms with E-state index in [1.807, 2.05) is 18.2 Å². The largest absolute Gasteiger partial charge is 0.326 e. The molecule has 0 aliphatic rings. The van der Waals surface area contributed by atoms with Gasteiger partial charge in [0.15, 0.2) is 0 Å². The first kappa shape index (κ1) is 17.3. The average Bonchev–Trinajstić information content (AvgIpc) is 2.51. The summed E-state index contributed by atoms with van der Waals surface area (Å²) < 4.78 is 0. The zero-order valence-electron chi connectivity index (χ0n) is 12.6.